The van der Waals surface area contributed by atoms with E-state index in [-0.39, 0.29) is 11.3 Å². The second-order valence-electron chi connectivity index (χ2n) is 4.33. The Kier molecular flexibility index (Phi) is 5.28. The molecule has 0 aliphatic heterocycles. The highest BCUT2D eigenvalue weighted by molar-refractivity contribution is 5.99. The van der Waals surface area contributed by atoms with Crippen LogP contribution in [0.5, 0.6) is 0 Å². The van der Waals surface area contributed by atoms with Crippen LogP contribution in [0.4, 0.5) is 5.69 Å². The Morgan fingerprint density at radius 1 is 1.10 bits per heavy atom. The zero-order valence-electron chi connectivity index (χ0n) is 10.6. The molecule has 0 radical (unpaired) electrons. The van der Waals surface area contributed by atoms with Gasteiger partial charge in [-0.15, -0.1) is 0 Å². The van der Waals surface area contributed by atoms with E-state index in [1.807, 2.05) is 0 Å². The molecule has 0 heterocycles. The summed E-state index contributed by atoms with van der Waals surface area (Å²) in [5, 5.41) is 48.1. The molecular formula is C12H15NO7. The number of non-ortho nitro benzene ring substituents is 1. The first kappa shape index (κ1) is 16.2. The number of Topliss-reactive ketones (excluding diaryl/α,β-unsaturated/α-hetero) is 1. The van der Waals surface area contributed by atoms with Crippen LogP contribution >= 0.6 is 0 Å². The zero-order chi connectivity index (χ0) is 15.4. The lowest BCUT2D eigenvalue weighted by Crippen LogP contribution is -2.46. The first-order chi connectivity index (χ1) is 9.25. The fourth-order valence-electron chi connectivity index (χ4n) is 1.55. The maximum atomic E-state index is 11.8. The molecule has 0 bridgehead atoms. The molecule has 0 aliphatic rings. The number of ketones is 1. The molecule has 0 fully saturated rings. The number of nitro groups is 1. The van der Waals surface area contributed by atoms with Gasteiger partial charge in [-0.1, -0.05) is 0 Å². The maximum Gasteiger partial charge on any atom is 0.269 e. The van der Waals surface area contributed by atoms with Crippen LogP contribution in [0.2, 0.25) is 0 Å². The van der Waals surface area contributed by atoms with Gasteiger partial charge in [0.15, 0.2) is 5.78 Å². The average Bonchev–Trinajstić information content (AvgIpc) is 2.44. The lowest BCUT2D eigenvalue weighted by Gasteiger charge is -2.23. The van der Waals surface area contributed by atoms with Gasteiger partial charge < -0.3 is 20.4 Å². The van der Waals surface area contributed by atoms with Crippen molar-refractivity contribution in [3.8, 4) is 0 Å². The second-order valence-corrected chi connectivity index (χ2v) is 4.33. The number of nitrogens with zero attached hydrogens (tertiary/aromatic N) is 1. The van der Waals surface area contributed by atoms with Crippen LogP contribution in [-0.4, -0.2) is 55.5 Å². The number of benzene rings is 1. The van der Waals surface area contributed by atoms with E-state index in [0.29, 0.717) is 0 Å². The van der Waals surface area contributed by atoms with Gasteiger partial charge in [0.25, 0.3) is 5.69 Å². The normalized spacial score (nSPS) is 17.1. The van der Waals surface area contributed by atoms with Gasteiger partial charge in [0.1, 0.15) is 18.3 Å². The largest absolute Gasteiger partial charge is 0.391 e. The number of aliphatic hydroxyl groups is 4. The van der Waals surface area contributed by atoms with Crippen molar-refractivity contribution in [1.29, 1.82) is 0 Å². The van der Waals surface area contributed by atoms with Gasteiger partial charge in [0.2, 0.25) is 0 Å². The van der Waals surface area contributed by atoms with E-state index in [9.17, 15) is 30.2 Å². The van der Waals surface area contributed by atoms with E-state index < -0.39 is 35.1 Å². The monoisotopic (exact) mass is 285 g/mol. The van der Waals surface area contributed by atoms with Gasteiger partial charge >= 0.3 is 0 Å². The lowest BCUT2D eigenvalue weighted by molar-refractivity contribution is -0.384. The number of carbonyl (C=O) groups is 1. The van der Waals surface area contributed by atoms with Crippen molar-refractivity contribution in [2.24, 2.45) is 0 Å². The van der Waals surface area contributed by atoms with E-state index in [1.165, 1.54) is 6.92 Å². The first-order valence-electron chi connectivity index (χ1n) is 5.76. The van der Waals surface area contributed by atoms with Gasteiger partial charge in [-0.05, 0) is 19.1 Å². The highest BCUT2D eigenvalue weighted by Gasteiger charge is 2.33. The van der Waals surface area contributed by atoms with Crippen molar-refractivity contribution in [2.45, 2.75) is 31.3 Å². The highest BCUT2D eigenvalue weighted by atomic mass is 16.6. The predicted octanol–water partition coefficient (Wildman–Crippen LogP) is -0.759. The number of aliphatic hydroxyl groups excluding tert-OH is 4. The molecule has 1 aromatic carbocycles. The SMILES string of the molecule is C[C@H](O)[C@@H](O)[C@@H](O)[C@H](O)C(=O)c1ccc([N+](=O)[O-])cc1. The smallest absolute Gasteiger partial charge is 0.269 e. The molecule has 1 aromatic rings. The third-order valence-electron chi connectivity index (χ3n) is 2.80. The van der Waals surface area contributed by atoms with Crippen molar-refractivity contribution < 1.29 is 30.1 Å². The van der Waals surface area contributed by atoms with Crippen molar-refractivity contribution in [3.63, 3.8) is 0 Å². The molecule has 8 nitrogen and oxygen atoms in total. The lowest BCUT2D eigenvalue weighted by atomic mass is 9.97. The Morgan fingerprint density at radius 3 is 2.00 bits per heavy atom. The van der Waals surface area contributed by atoms with E-state index in [0.717, 1.165) is 24.3 Å². The molecule has 0 aliphatic carbocycles. The third kappa shape index (κ3) is 3.58. The first-order valence-corrected chi connectivity index (χ1v) is 5.76. The van der Waals surface area contributed by atoms with Crippen LogP contribution in [0.15, 0.2) is 24.3 Å². The van der Waals surface area contributed by atoms with Gasteiger partial charge in [-0.3, -0.25) is 14.9 Å². The molecule has 0 unspecified atom stereocenters. The summed E-state index contributed by atoms with van der Waals surface area (Å²) in [5.41, 5.74) is -0.277. The van der Waals surface area contributed by atoms with Gasteiger partial charge in [0.05, 0.1) is 11.0 Å². The van der Waals surface area contributed by atoms with Crippen LogP contribution in [0, 0.1) is 10.1 Å². The number of rotatable bonds is 6. The van der Waals surface area contributed by atoms with Gasteiger partial charge in [0, 0.05) is 17.7 Å². The molecule has 0 spiro atoms. The quantitative estimate of drug-likeness (QED) is 0.306. The topological polar surface area (TPSA) is 141 Å². The van der Waals surface area contributed by atoms with E-state index in [1.54, 1.807) is 0 Å². The molecular weight excluding hydrogens is 270 g/mol. The molecule has 0 saturated carbocycles. The molecule has 0 aromatic heterocycles. The summed E-state index contributed by atoms with van der Waals surface area (Å²) in [6.07, 6.45) is -6.82. The molecule has 20 heavy (non-hydrogen) atoms. The average molecular weight is 285 g/mol. The summed E-state index contributed by atoms with van der Waals surface area (Å²) in [7, 11) is 0. The molecule has 0 amide bonds. The number of hydrogen-bond donors (Lipinski definition) is 4. The Balaban J connectivity index is 2.86. The van der Waals surface area contributed by atoms with Crippen LogP contribution in [-0.2, 0) is 0 Å². The minimum Gasteiger partial charge on any atom is -0.391 e. The summed E-state index contributed by atoms with van der Waals surface area (Å²) in [6.45, 7) is 1.19. The highest BCUT2D eigenvalue weighted by Crippen LogP contribution is 2.15. The van der Waals surface area contributed by atoms with E-state index in [4.69, 9.17) is 5.11 Å². The summed E-state index contributed by atoms with van der Waals surface area (Å²) < 4.78 is 0. The third-order valence-corrected chi connectivity index (χ3v) is 2.80. The zero-order valence-corrected chi connectivity index (χ0v) is 10.6. The number of hydrogen-bond acceptors (Lipinski definition) is 7. The fraction of sp³-hybridized carbons (Fsp3) is 0.417. The molecule has 110 valence electrons. The minimum absolute atomic E-state index is 0.0556. The minimum atomic E-state index is -1.94. The Bertz CT molecular complexity index is 485. The van der Waals surface area contributed by atoms with Crippen molar-refractivity contribution in [1.82, 2.24) is 0 Å². The van der Waals surface area contributed by atoms with Crippen LogP contribution in [0.3, 0.4) is 0 Å². The Hall–Kier alpha value is -1.87. The molecule has 0 saturated heterocycles. The predicted molar refractivity (Wildman–Crippen MR) is 67.1 cm³/mol. The molecule has 1 rings (SSSR count). The van der Waals surface area contributed by atoms with Crippen molar-refractivity contribution in [2.75, 3.05) is 0 Å². The van der Waals surface area contributed by atoms with E-state index in [2.05, 4.69) is 0 Å². The summed E-state index contributed by atoms with van der Waals surface area (Å²) in [5.74, 6) is -0.910. The molecule has 4 N–H and O–H groups in total. The second kappa shape index (κ2) is 6.53. The summed E-state index contributed by atoms with van der Waals surface area (Å²) in [4.78, 5) is 21.6. The van der Waals surface area contributed by atoms with Crippen molar-refractivity contribution in [3.05, 3.63) is 39.9 Å². The van der Waals surface area contributed by atoms with Gasteiger partial charge in [-0.2, -0.15) is 0 Å². The standard InChI is InChI=1S/C12H15NO7/c1-6(14)9(15)11(17)12(18)10(16)7-2-4-8(5-3-7)13(19)20/h2-6,9,11-12,14-15,17-18H,1H3/t6-,9+,11+,12+/m0/s1. The summed E-state index contributed by atoms with van der Waals surface area (Å²) in [6, 6.07) is 4.42. The molecule has 4 atom stereocenters. The Morgan fingerprint density at radius 2 is 1.60 bits per heavy atom. The number of carbonyl (C=O) groups excluding carboxylic acids is 1. The maximum absolute atomic E-state index is 11.8. The fourth-order valence-corrected chi connectivity index (χ4v) is 1.55. The Labute approximate surface area is 114 Å². The number of nitro benzene ring substituents is 1. The van der Waals surface area contributed by atoms with Crippen molar-refractivity contribution >= 4 is 11.5 Å². The van der Waals surface area contributed by atoms with Gasteiger partial charge in [-0.25, -0.2) is 0 Å². The van der Waals surface area contributed by atoms with Crippen LogP contribution in [0.1, 0.15) is 17.3 Å². The van der Waals surface area contributed by atoms with Crippen LogP contribution < -0.4 is 0 Å². The summed E-state index contributed by atoms with van der Waals surface area (Å²) >= 11 is 0. The van der Waals surface area contributed by atoms with Crippen LogP contribution in [0.25, 0.3) is 0 Å². The van der Waals surface area contributed by atoms with E-state index >= 15 is 0 Å². The molecule has 8 heteroatoms.